The highest BCUT2D eigenvalue weighted by molar-refractivity contribution is 7.98. The number of benzene rings is 2. The number of carboxylic acids is 1. The zero-order chi connectivity index (χ0) is 46.7. The van der Waals surface area contributed by atoms with Crippen LogP contribution in [0.4, 0.5) is 0 Å². The lowest BCUT2D eigenvalue weighted by Gasteiger charge is -2.57. The van der Waals surface area contributed by atoms with Gasteiger partial charge in [-0.3, -0.25) is 33.6 Å². The van der Waals surface area contributed by atoms with Crippen molar-refractivity contribution in [2.75, 3.05) is 18.6 Å². The number of fused-ring (bicyclic) bond motifs is 1. The van der Waals surface area contributed by atoms with Crippen molar-refractivity contribution in [2.24, 2.45) is 23.5 Å². The van der Waals surface area contributed by atoms with E-state index in [0.29, 0.717) is 35.5 Å². The fourth-order valence-corrected chi connectivity index (χ4v) is 10.7. The van der Waals surface area contributed by atoms with Crippen LogP contribution in [0.2, 0.25) is 0 Å². The second-order valence-electron chi connectivity index (χ2n) is 18.3. The molecule has 5 atom stereocenters. The Labute approximate surface area is 383 Å². The van der Waals surface area contributed by atoms with E-state index in [4.69, 9.17) is 5.73 Å². The molecule has 4 fully saturated rings. The van der Waals surface area contributed by atoms with Gasteiger partial charge in [-0.1, -0.05) is 50.1 Å². The molecule has 11 N–H and O–H groups in total. The Morgan fingerprint density at radius 1 is 0.769 bits per heavy atom. The zero-order valence-electron chi connectivity index (χ0n) is 37.2. The van der Waals surface area contributed by atoms with Crippen LogP contribution in [0.3, 0.4) is 0 Å². The number of phenolic OH excluding ortho intramolecular Hbond substituents is 1. The van der Waals surface area contributed by atoms with Gasteiger partial charge in [0.05, 0.1) is 19.0 Å². The highest BCUT2D eigenvalue weighted by Crippen LogP contribution is 2.55. The maximum atomic E-state index is 14.3. The summed E-state index contributed by atoms with van der Waals surface area (Å²) in [4.78, 5) is 97.5. The lowest BCUT2D eigenvalue weighted by molar-refractivity contribution is -0.142. The maximum absolute atomic E-state index is 14.3. The molecular formula is C47H64N8O9S. The second kappa shape index (κ2) is 22.5. The molecule has 1 heterocycles. The summed E-state index contributed by atoms with van der Waals surface area (Å²) in [5, 5.41) is 36.8. The summed E-state index contributed by atoms with van der Waals surface area (Å²) in [6.07, 6.45) is 10.8. The Hall–Kier alpha value is -5.62. The Kier molecular flexibility index (Phi) is 16.9. The minimum Gasteiger partial charge on any atom is -0.508 e. The van der Waals surface area contributed by atoms with Gasteiger partial charge in [0.15, 0.2) is 0 Å². The van der Waals surface area contributed by atoms with Gasteiger partial charge in [0.1, 0.15) is 29.9 Å². The van der Waals surface area contributed by atoms with E-state index in [2.05, 4.69) is 36.9 Å². The average Bonchev–Trinajstić information content (AvgIpc) is 3.67. The predicted molar refractivity (Wildman–Crippen MR) is 246 cm³/mol. The number of carbonyl (C=O) groups is 7. The third-order valence-corrected chi connectivity index (χ3v) is 13.7. The van der Waals surface area contributed by atoms with Crippen molar-refractivity contribution in [1.29, 1.82) is 0 Å². The van der Waals surface area contributed by atoms with Crippen LogP contribution < -0.4 is 37.6 Å². The van der Waals surface area contributed by atoms with E-state index in [9.17, 15) is 43.8 Å². The Bertz CT molecular complexity index is 2150. The van der Waals surface area contributed by atoms with Crippen LogP contribution in [0.25, 0.3) is 10.9 Å². The molecule has 0 aliphatic heterocycles. The number of aliphatic carboxylic acids is 1. The van der Waals surface area contributed by atoms with Gasteiger partial charge in [-0.2, -0.15) is 11.8 Å². The lowest BCUT2D eigenvalue weighted by Crippen LogP contribution is -2.63. The number of hydrogen-bond acceptors (Lipinski definition) is 10. The number of thioether (sulfide) groups is 1. The van der Waals surface area contributed by atoms with Crippen molar-refractivity contribution >= 4 is 64.1 Å². The lowest BCUT2D eigenvalue weighted by atomic mass is 9.53. The number of hydrogen-bond donors (Lipinski definition) is 10. The fraction of sp³-hybridized carbons (Fsp3) is 0.553. The molecular weight excluding hydrogens is 853 g/mol. The van der Waals surface area contributed by atoms with Gasteiger partial charge in [0.2, 0.25) is 35.4 Å². The summed E-state index contributed by atoms with van der Waals surface area (Å²) < 4.78 is 0. The van der Waals surface area contributed by atoms with Gasteiger partial charge in [-0.05, 0) is 117 Å². The van der Waals surface area contributed by atoms with Gasteiger partial charge in [0.25, 0.3) is 0 Å². The minimum atomic E-state index is -1.38. The standard InChI is InChI=1S/C47H64N8O9S/c1-3-4-8-36(52-42(60)34(48)19-27-10-12-32(56)13-11-27)43(61)50-26-40(57)51-38(20-31-25-49-35-9-6-5-7-33(31)35)45(63)53-37(14-15-65-2)44(62)54-39(21-41(58)59)46(64)55-47-22-28-16-29(23-47)18-30(17-28)24-47/h5-7,9-13,25,28-30,34,36-39,49,56H,3-4,8,14-24,26,48H2,1-2H3,(H,50,61)(H,51,57)(H,52,60)(H,53,63)(H,54,62)(H,55,64)(H,58,59)/t28?,29?,30?,34-,36-,37-,38-,39-,47?/m0/s1. The average molecular weight is 917 g/mol. The first kappa shape index (κ1) is 48.8. The summed E-state index contributed by atoms with van der Waals surface area (Å²) in [6.45, 7) is 1.39. The van der Waals surface area contributed by atoms with E-state index in [-0.39, 0.29) is 31.4 Å². The molecule has 0 radical (unpaired) electrons. The zero-order valence-corrected chi connectivity index (χ0v) is 38.0. The van der Waals surface area contributed by atoms with Crippen molar-refractivity contribution in [3.05, 3.63) is 65.9 Å². The molecule has 2 aromatic carbocycles. The molecule has 0 spiro atoms. The van der Waals surface area contributed by atoms with Crippen molar-refractivity contribution in [3.8, 4) is 5.75 Å². The quantitative estimate of drug-likeness (QED) is 0.0624. The Balaban J connectivity index is 1.12. The molecule has 352 valence electrons. The summed E-state index contributed by atoms with van der Waals surface area (Å²) >= 11 is 1.43. The molecule has 0 saturated heterocycles. The molecule has 3 aromatic rings. The monoisotopic (exact) mass is 916 g/mol. The third-order valence-electron chi connectivity index (χ3n) is 13.1. The van der Waals surface area contributed by atoms with Gasteiger partial charge in [-0.15, -0.1) is 0 Å². The van der Waals surface area contributed by atoms with E-state index in [1.807, 2.05) is 37.4 Å². The van der Waals surface area contributed by atoms with Gasteiger partial charge < -0.3 is 52.8 Å². The van der Waals surface area contributed by atoms with Crippen LogP contribution in [-0.2, 0) is 46.4 Å². The van der Waals surface area contributed by atoms with Gasteiger partial charge >= 0.3 is 5.97 Å². The molecule has 18 heteroatoms. The van der Waals surface area contributed by atoms with Crippen molar-refractivity contribution < 1.29 is 43.8 Å². The first-order valence-electron chi connectivity index (χ1n) is 22.7. The molecule has 4 aliphatic rings. The summed E-state index contributed by atoms with van der Waals surface area (Å²) in [7, 11) is 0. The smallest absolute Gasteiger partial charge is 0.305 e. The number of aromatic amines is 1. The number of para-hydroxylation sites is 1. The van der Waals surface area contributed by atoms with Crippen LogP contribution in [0.15, 0.2) is 54.7 Å². The highest BCUT2D eigenvalue weighted by atomic mass is 32.2. The number of rotatable bonds is 24. The predicted octanol–water partition coefficient (Wildman–Crippen LogP) is 2.54. The van der Waals surface area contributed by atoms with Crippen LogP contribution in [0, 0.1) is 17.8 Å². The number of carboxylic acid groups (broad SMARTS) is 1. The Morgan fingerprint density at radius 2 is 1.38 bits per heavy atom. The number of nitrogens with one attached hydrogen (secondary N) is 7. The van der Waals surface area contributed by atoms with Crippen LogP contribution >= 0.6 is 11.8 Å². The van der Waals surface area contributed by atoms with E-state index in [0.717, 1.165) is 61.4 Å². The summed E-state index contributed by atoms with van der Waals surface area (Å²) in [5.41, 5.74) is 7.98. The number of phenols is 1. The van der Waals surface area contributed by atoms with E-state index in [1.165, 1.54) is 23.9 Å². The topological polar surface area (TPSA) is 274 Å². The van der Waals surface area contributed by atoms with Crippen molar-refractivity contribution in [3.63, 3.8) is 0 Å². The molecule has 1 aromatic heterocycles. The van der Waals surface area contributed by atoms with Crippen LogP contribution in [0.5, 0.6) is 5.75 Å². The van der Waals surface area contributed by atoms with Crippen molar-refractivity contribution in [2.45, 2.75) is 126 Å². The molecule has 0 unspecified atom stereocenters. The third kappa shape index (κ3) is 13.5. The number of nitrogens with two attached hydrogens (primary N) is 1. The van der Waals surface area contributed by atoms with Crippen molar-refractivity contribution in [1.82, 2.24) is 36.9 Å². The number of aromatic nitrogens is 1. The molecule has 4 bridgehead atoms. The SMILES string of the molecule is CCCC[C@H](NC(=O)[C@@H](N)Cc1ccc(O)cc1)C(=O)NCC(=O)N[C@@H](Cc1c[nH]c2ccccc12)C(=O)N[C@@H](CCSC)C(=O)N[C@@H](CC(=O)O)C(=O)NC12CC3CC(CC(C3)C1)C2. The number of unbranched alkanes of at least 4 members (excludes halogenated alkanes) is 1. The molecule has 17 nitrogen and oxygen atoms in total. The largest absolute Gasteiger partial charge is 0.508 e. The van der Waals surface area contributed by atoms with Gasteiger partial charge in [0, 0.05) is 29.1 Å². The number of carbonyl (C=O) groups excluding carboxylic acids is 6. The fourth-order valence-electron chi connectivity index (χ4n) is 10.2. The highest BCUT2D eigenvalue weighted by Gasteiger charge is 2.52. The van der Waals surface area contributed by atoms with E-state index in [1.54, 1.807) is 18.3 Å². The minimum absolute atomic E-state index is 0.00435. The Morgan fingerprint density at radius 3 is 2.03 bits per heavy atom. The molecule has 7 rings (SSSR count). The summed E-state index contributed by atoms with van der Waals surface area (Å²) in [6, 6.07) is 7.90. The van der Waals surface area contributed by atoms with Crippen LogP contribution in [-0.4, -0.2) is 111 Å². The maximum Gasteiger partial charge on any atom is 0.305 e. The molecule has 4 aliphatic carbocycles. The number of H-pyrrole nitrogens is 1. The van der Waals surface area contributed by atoms with Gasteiger partial charge in [-0.25, -0.2) is 0 Å². The van der Waals surface area contributed by atoms with Crippen LogP contribution in [0.1, 0.15) is 88.7 Å². The molecule has 6 amide bonds. The number of amides is 6. The first-order chi connectivity index (χ1) is 31.1. The first-order valence-corrected chi connectivity index (χ1v) is 24.1. The molecule has 4 saturated carbocycles. The second-order valence-corrected chi connectivity index (χ2v) is 19.3. The number of aromatic hydroxyl groups is 1. The summed E-state index contributed by atoms with van der Waals surface area (Å²) in [5.74, 6) is -3.06. The normalized spacial score (nSPS) is 21.9. The van der Waals surface area contributed by atoms with E-state index >= 15 is 0 Å². The van der Waals surface area contributed by atoms with E-state index < -0.39 is 90.1 Å². The molecule has 65 heavy (non-hydrogen) atoms.